The highest BCUT2D eigenvalue weighted by molar-refractivity contribution is 8.00. The van der Waals surface area contributed by atoms with Gasteiger partial charge in [0.05, 0.1) is 6.42 Å². The van der Waals surface area contributed by atoms with Gasteiger partial charge >= 0.3 is 5.97 Å². The van der Waals surface area contributed by atoms with Gasteiger partial charge in [0, 0.05) is 10.6 Å². The fourth-order valence-electron chi connectivity index (χ4n) is 7.17. The van der Waals surface area contributed by atoms with Gasteiger partial charge < -0.3 is 10.1 Å². The number of thiophene rings is 1. The molecule has 54 heavy (non-hydrogen) atoms. The number of thioether (sulfide) groups is 1. The van der Waals surface area contributed by atoms with Gasteiger partial charge in [0.15, 0.2) is 6.10 Å². The number of ether oxygens (including phenoxy) is 1. The third-order valence-corrected chi connectivity index (χ3v) is 15.9. The van der Waals surface area contributed by atoms with Gasteiger partial charge in [-0.2, -0.15) is 0 Å². The quantitative estimate of drug-likeness (QED) is 0.0869. The summed E-state index contributed by atoms with van der Waals surface area (Å²) in [7, 11) is 0. The Bertz CT molecular complexity index is 2190. The van der Waals surface area contributed by atoms with Gasteiger partial charge in [0.2, 0.25) is 5.91 Å². The number of carbonyl (C=O) groups excluding carboxylic acids is 3. The van der Waals surface area contributed by atoms with Crippen LogP contribution in [0.5, 0.6) is 0 Å². The summed E-state index contributed by atoms with van der Waals surface area (Å²) in [5.41, 5.74) is 2.58. The summed E-state index contributed by atoms with van der Waals surface area (Å²) in [6.45, 7) is -2.57. The molecule has 0 spiro atoms. The van der Waals surface area contributed by atoms with Crippen LogP contribution in [0.1, 0.15) is 22.1 Å². The van der Waals surface area contributed by atoms with Crippen LogP contribution in [-0.2, 0) is 25.5 Å². The molecule has 6 aromatic rings. The number of hydrogen-bond donors (Lipinski definition) is 1. The minimum Gasteiger partial charge on any atom is -0.448 e. The van der Waals surface area contributed by atoms with Crippen LogP contribution in [0.15, 0.2) is 180 Å². The number of amides is 2. The Balaban J connectivity index is 1.29. The highest BCUT2D eigenvalue weighted by atomic mass is 32.2. The molecule has 0 bridgehead atoms. The first-order chi connectivity index (χ1) is 26.5. The molecule has 1 fully saturated rings. The van der Waals surface area contributed by atoms with E-state index < -0.39 is 30.4 Å². The van der Waals surface area contributed by atoms with Crippen molar-refractivity contribution in [3.05, 3.63) is 196 Å². The van der Waals surface area contributed by atoms with E-state index >= 15 is 0 Å². The Morgan fingerprint density at radius 3 is 1.70 bits per heavy atom. The summed E-state index contributed by atoms with van der Waals surface area (Å²) in [6.07, 6.45) is -0.521. The molecule has 3 heterocycles. The summed E-state index contributed by atoms with van der Waals surface area (Å²) in [5.74, 6) is 1.54. The summed E-state index contributed by atoms with van der Waals surface area (Å²) in [5, 5.41) is 7.80. The highest BCUT2D eigenvalue weighted by Gasteiger charge is 2.54. The van der Waals surface area contributed by atoms with E-state index in [-0.39, 0.29) is 23.9 Å². The summed E-state index contributed by atoms with van der Waals surface area (Å²) < 4.78 is 6.52. The van der Waals surface area contributed by atoms with Gasteiger partial charge in [-0.05, 0) is 56.7 Å². The maximum atomic E-state index is 15.0. The van der Waals surface area contributed by atoms with E-state index in [0.717, 1.165) is 37.5 Å². The molecule has 0 aliphatic carbocycles. The second kappa shape index (κ2) is 15.9. The number of carbonyl (C=O) groups is 3. The predicted octanol–water partition coefficient (Wildman–Crippen LogP) is 7.07. The number of fused-ring (bicyclic) bond motifs is 1. The zero-order valence-corrected chi connectivity index (χ0v) is 31.8. The van der Waals surface area contributed by atoms with Crippen molar-refractivity contribution in [3.63, 3.8) is 0 Å². The molecule has 1 aromatic heterocycles. The molecule has 2 atom stereocenters. The number of esters is 1. The van der Waals surface area contributed by atoms with Crippen LogP contribution < -0.4 is 21.2 Å². The first kappa shape index (κ1) is 35.6. The van der Waals surface area contributed by atoms with Crippen molar-refractivity contribution in [2.45, 2.75) is 23.9 Å². The van der Waals surface area contributed by atoms with Crippen LogP contribution in [0.2, 0.25) is 0 Å². The third-order valence-electron chi connectivity index (χ3n) is 9.69. The highest BCUT2D eigenvalue weighted by Crippen LogP contribution is 2.48. The van der Waals surface area contributed by atoms with E-state index in [0.29, 0.717) is 5.75 Å². The third kappa shape index (κ3) is 7.01. The van der Waals surface area contributed by atoms with Gasteiger partial charge in [-0.1, -0.05) is 158 Å². The molecule has 0 saturated carbocycles. The zero-order valence-electron chi connectivity index (χ0n) is 29.2. The molecule has 1 saturated heterocycles. The van der Waals surface area contributed by atoms with Crippen molar-refractivity contribution in [3.8, 4) is 0 Å². The van der Waals surface area contributed by atoms with Gasteiger partial charge in [-0.3, -0.25) is 14.5 Å². The lowest BCUT2D eigenvalue weighted by atomic mass is 10.0. The Morgan fingerprint density at radius 2 is 1.22 bits per heavy atom. The minimum absolute atomic E-state index is 0.191. The van der Waals surface area contributed by atoms with Crippen molar-refractivity contribution in [1.82, 2.24) is 10.2 Å². The number of hydrogen-bond acceptors (Lipinski definition) is 6. The van der Waals surface area contributed by atoms with Crippen molar-refractivity contribution in [2.24, 2.45) is 0 Å². The number of benzene rings is 5. The van der Waals surface area contributed by atoms with Crippen LogP contribution in [0.25, 0.3) is 0 Å². The van der Waals surface area contributed by atoms with Crippen LogP contribution >= 0.6 is 30.0 Å². The average Bonchev–Trinajstić information content (AvgIpc) is 3.75. The molecule has 5 aromatic carbocycles. The average molecular weight is 765 g/mol. The molecular weight excluding hydrogens is 728 g/mol. The fourth-order valence-corrected chi connectivity index (χ4v) is 13.3. The summed E-state index contributed by atoms with van der Waals surface area (Å²) in [6, 6.07) is 53.6. The molecule has 2 aliphatic rings. The Hall–Kier alpha value is -5.40. The topological polar surface area (TPSA) is 75.7 Å². The fraction of sp³-hybridized carbons (Fsp3) is 0.111. The smallest absolute Gasteiger partial charge is 0.356 e. The van der Waals surface area contributed by atoms with Crippen molar-refractivity contribution < 1.29 is 19.1 Å². The normalized spacial score (nSPS) is 16.7. The lowest BCUT2D eigenvalue weighted by Gasteiger charge is -2.50. The predicted molar refractivity (Wildman–Crippen MR) is 222 cm³/mol. The van der Waals surface area contributed by atoms with E-state index in [1.54, 1.807) is 16.7 Å². The van der Waals surface area contributed by atoms with Crippen molar-refractivity contribution >= 4 is 69.5 Å². The SMILES string of the molecule is O=C(Cc1cccs1)N[C@@H]1C(=O)N2C(C(=O)OC(c3ccccc3)c3ccccc3)=C(C=P(c3ccccc3)(c3ccccc3)c3ccccc3)CS[C@@H]12. The van der Waals surface area contributed by atoms with Gasteiger partial charge in [0.1, 0.15) is 17.1 Å². The second-order valence-corrected chi connectivity index (χ2v) is 18.4. The number of β-lactam (4-membered cyclic amide) rings is 1. The standard InChI is InChI=1S/C45H37N2O4PS2/c48-39(29-38-27-16-28-53-38)46-40-43(49)47-41(45(50)51-42(32-17-6-1-7-18-32)33-19-8-2-9-20-33)34(31-54-44(40)47)30-52(35-21-10-3-11-22-35,36-23-12-4-13-24-36)37-25-14-5-15-26-37/h1-28,30,40,42,44H,29,31H2,(H,46,48)/t40-,44+/m1/s1. The summed E-state index contributed by atoms with van der Waals surface area (Å²) >= 11 is 3.06. The van der Waals surface area contributed by atoms with Crippen LogP contribution in [0.3, 0.4) is 0 Å². The number of nitrogens with zero attached hydrogens (tertiary/aromatic N) is 1. The molecule has 268 valence electrons. The van der Waals surface area contributed by atoms with Gasteiger partial charge in [0.25, 0.3) is 5.91 Å². The maximum Gasteiger partial charge on any atom is 0.356 e. The molecule has 9 heteroatoms. The lowest BCUT2D eigenvalue weighted by molar-refractivity contribution is -0.154. The van der Waals surface area contributed by atoms with Crippen molar-refractivity contribution in [1.29, 1.82) is 0 Å². The Morgan fingerprint density at radius 1 is 0.722 bits per heavy atom. The van der Waals surface area contributed by atoms with Gasteiger partial charge in [-0.25, -0.2) is 4.79 Å². The molecule has 2 amide bonds. The van der Waals surface area contributed by atoms with E-state index in [1.165, 1.54) is 11.3 Å². The van der Waals surface area contributed by atoms with Gasteiger partial charge in [-0.15, -0.1) is 23.1 Å². The van der Waals surface area contributed by atoms with E-state index in [4.69, 9.17) is 4.74 Å². The zero-order chi connectivity index (χ0) is 36.9. The molecule has 6 nitrogen and oxygen atoms in total. The van der Waals surface area contributed by atoms with Crippen LogP contribution in [0.4, 0.5) is 0 Å². The first-order valence-corrected chi connectivity index (χ1v) is 21.5. The minimum atomic E-state index is -2.57. The maximum absolute atomic E-state index is 15.0. The van der Waals surface area contributed by atoms with Crippen LogP contribution in [0, 0.1) is 0 Å². The number of nitrogens with one attached hydrogen (secondary N) is 1. The molecule has 2 aliphatic heterocycles. The monoisotopic (exact) mass is 764 g/mol. The van der Waals surface area contributed by atoms with E-state index in [1.807, 2.05) is 133 Å². The first-order valence-electron chi connectivity index (χ1n) is 17.7. The molecule has 1 N–H and O–H groups in total. The van der Waals surface area contributed by atoms with E-state index in [2.05, 4.69) is 47.5 Å². The Labute approximate surface area is 323 Å². The van der Waals surface area contributed by atoms with Crippen LogP contribution in [-0.4, -0.2) is 45.6 Å². The summed E-state index contributed by atoms with van der Waals surface area (Å²) in [4.78, 5) is 44.8. The van der Waals surface area contributed by atoms with E-state index in [9.17, 15) is 14.4 Å². The molecule has 8 rings (SSSR count). The molecular formula is C45H37N2O4PS2. The number of rotatable bonds is 11. The Kier molecular flexibility index (Phi) is 10.5. The van der Waals surface area contributed by atoms with Crippen molar-refractivity contribution in [2.75, 3.05) is 5.75 Å². The molecule has 0 radical (unpaired) electrons. The lowest BCUT2D eigenvalue weighted by Crippen LogP contribution is -2.70. The molecule has 0 unspecified atom stereocenters. The largest absolute Gasteiger partial charge is 0.448 e. The second-order valence-electron chi connectivity index (χ2n) is 13.1.